The second kappa shape index (κ2) is 7.10. The van der Waals surface area contributed by atoms with E-state index in [4.69, 9.17) is 13.3 Å². The molecule has 0 spiro atoms. The van der Waals surface area contributed by atoms with E-state index in [9.17, 15) is 4.79 Å². The number of nitrogens with zero attached hydrogens (tertiary/aromatic N) is 2. The van der Waals surface area contributed by atoms with E-state index in [1.54, 1.807) is 18.4 Å². The Hall–Kier alpha value is -3.61. The van der Waals surface area contributed by atoms with Crippen LogP contribution in [0.5, 0.6) is 0 Å². The summed E-state index contributed by atoms with van der Waals surface area (Å²) in [6.07, 6.45) is 4.86. The van der Waals surface area contributed by atoms with Crippen molar-refractivity contribution in [3.8, 4) is 23.0 Å². The normalized spacial score (nSPS) is 10.8. The van der Waals surface area contributed by atoms with Gasteiger partial charge < -0.3 is 18.6 Å². The Morgan fingerprint density at radius 2 is 1.92 bits per heavy atom. The van der Waals surface area contributed by atoms with Gasteiger partial charge in [-0.3, -0.25) is 4.79 Å². The maximum absolute atomic E-state index is 12.3. The molecule has 0 aliphatic carbocycles. The van der Waals surface area contributed by atoms with Crippen molar-refractivity contribution in [2.24, 2.45) is 0 Å². The number of carbonyl (C=O) groups excluding carboxylic acids is 1. The highest BCUT2D eigenvalue weighted by molar-refractivity contribution is 5.97. The van der Waals surface area contributed by atoms with Gasteiger partial charge >= 0.3 is 0 Å². The molecule has 0 fully saturated rings. The highest BCUT2D eigenvalue weighted by Gasteiger charge is 2.19. The summed E-state index contributed by atoms with van der Waals surface area (Å²) in [5, 5.41) is 2.80. The largest absolute Gasteiger partial charge is 0.461 e. The molecular weight excluding hydrogens is 334 g/mol. The van der Waals surface area contributed by atoms with E-state index in [2.05, 4.69) is 15.3 Å². The predicted octanol–water partition coefficient (Wildman–Crippen LogP) is 3.56. The lowest BCUT2D eigenvalue weighted by Crippen LogP contribution is -2.26. The molecule has 1 amide bonds. The van der Waals surface area contributed by atoms with Crippen molar-refractivity contribution >= 4 is 5.91 Å². The highest BCUT2D eigenvalue weighted by Crippen LogP contribution is 2.23. The summed E-state index contributed by atoms with van der Waals surface area (Å²) in [5.74, 6) is 0.984. The fourth-order valence-corrected chi connectivity index (χ4v) is 2.51. The second-order valence-electron chi connectivity index (χ2n) is 5.52. The van der Waals surface area contributed by atoms with Gasteiger partial charge in [0.05, 0.1) is 12.0 Å². The molecule has 0 aliphatic heterocycles. The number of benzene rings is 1. The molecule has 7 heteroatoms. The topological polar surface area (TPSA) is 94.3 Å². The quantitative estimate of drug-likeness (QED) is 0.572. The average molecular weight is 349 g/mol. The molecule has 0 radical (unpaired) electrons. The summed E-state index contributed by atoms with van der Waals surface area (Å²) < 4.78 is 16.0. The number of nitrogens with one attached hydrogen (secondary N) is 1. The van der Waals surface area contributed by atoms with Crippen LogP contribution >= 0.6 is 0 Å². The molecular formula is C19H15N3O4. The van der Waals surface area contributed by atoms with Crippen molar-refractivity contribution in [3.63, 3.8) is 0 Å². The van der Waals surface area contributed by atoms with E-state index in [-0.39, 0.29) is 11.6 Å². The molecule has 0 saturated carbocycles. The van der Waals surface area contributed by atoms with Gasteiger partial charge in [0, 0.05) is 18.5 Å². The molecule has 0 unspecified atom stereocenters. The van der Waals surface area contributed by atoms with Crippen LogP contribution in [0.1, 0.15) is 16.2 Å². The summed E-state index contributed by atoms with van der Waals surface area (Å²) in [7, 11) is 0. The van der Waals surface area contributed by atoms with Gasteiger partial charge in [-0.15, -0.1) is 0 Å². The van der Waals surface area contributed by atoms with Gasteiger partial charge in [0.1, 0.15) is 6.26 Å². The van der Waals surface area contributed by atoms with E-state index in [0.29, 0.717) is 30.4 Å². The van der Waals surface area contributed by atoms with E-state index < -0.39 is 0 Å². The number of amides is 1. The lowest BCUT2D eigenvalue weighted by molar-refractivity contribution is 0.0949. The Balaban J connectivity index is 1.36. The Morgan fingerprint density at radius 3 is 2.73 bits per heavy atom. The fraction of sp³-hybridized carbons (Fsp3) is 0.105. The van der Waals surface area contributed by atoms with Crippen LogP contribution in [0.25, 0.3) is 23.0 Å². The molecule has 4 rings (SSSR count). The van der Waals surface area contributed by atoms with Crippen molar-refractivity contribution in [2.75, 3.05) is 6.54 Å². The van der Waals surface area contributed by atoms with E-state index >= 15 is 0 Å². The van der Waals surface area contributed by atoms with Crippen molar-refractivity contribution in [1.29, 1.82) is 0 Å². The zero-order chi connectivity index (χ0) is 17.8. The molecule has 0 atom stereocenters. The number of rotatable bonds is 6. The Kier molecular flexibility index (Phi) is 4.34. The van der Waals surface area contributed by atoms with Crippen LogP contribution < -0.4 is 5.32 Å². The Labute approximate surface area is 148 Å². The van der Waals surface area contributed by atoms with Crippen molar-refractivity contribution in [3.05, 3.63) is 72.8 Å². The third kappa shape index (κ3) is 3.27. The van der Waals surface area contributed by atoms with E-state index in [1.807, 2.05) is 30.3 Å². The number of oxazole rings is 2. The molecule has 1 N–H and O–H groups in total. The number of hydrogen-bond acceptors (Lipinski definition) is 6. The first-order valence-corrected chi connectivity index (χ1v) is 8.06. The number of furan rings is 1. The summed E-state index contributed by atoms with van der Waals surface area (Å²) in [6.45, 7) is 0.393. The molecule has 1 aromatic carbocycles. The predicted molar refractivity (Wildman–Crippen MR) is 92.2 cm³/mol. The molecule has 7 nitrogen and oxygen atoms in total. The van der Waals surface area contributed by atoms with Crippen LogP contribution in [0.3, 0.4) is 0 Å². The van der Waals surface area contributed by atoms with Crippen LogP contribution in [0.4, 0.5) is 0 Å². The zero-order valence-electron chi connectivity index (χ0n) is 13.7. The Bertz CT molecular complexity index is 987. The summed E-state index contributed by atoms with van der Waals surface area (Å²) >= 11 is 0. The summed E-state index contributed by atoms with van der Waals surface area (Å²) in [4.78, 5) is 20.7. The standard InChI is InChI=1S/C19H15N3O4/c23-18(16-17(26-12-21-16)15-7-4-10-24-15)20-9-8-14-11-25-19(22-14)13-5-2-1-3-6-13/h1-7,10-12H,8-9H2,(H,20,23). The average Bonchev–Trinajstić information content (AvgIpc) is 3.42. The van der Waals surface area contributed by atoms with Gasteiger partial charge in [0.25, 0.3) is 5.91 Å². The van der Waals surface area contributed by atoms with Gasteiger partial charge in [0.15, 0.2) is 17.8 Å². The van der Waals surface area contributed by atoms with Crippen molar-refractivity contribution in [2.45, 2.75) is 6.42 Å². The number of carbonyl (C=O) groups is 1. The van der Waals surface area contributed by atoms with Crippen LogP contribution in [0, 0.1) is 0 Å². The van der Waals surface area contributed by atoms with Crippen LogP contribution in [0.2, 0.25) is 0 Å². The SMILES string of the molecule is O=C(NCCc1coc(-c2ccccc2)n1)c1ncoc1-c1ccco1. The fourth-order valence-electron chi connectivity index (χ4n) is 2.51. The van der Waals surface area contributed by atoms with Gasteiger partial charge in [-0.25, -0.2) is 9.97 Å². The van der Waals surface area contributed by atoms with Crippen LogP contribution in [-0.2, 0) is 6.42 Å². The molecule has 0 saturated heterocycles. The molecule has 130 valence electrons. The van der Waals surface area contributed by atoms with Gasteiger partial charge in [0.2, 0.25) is 11.7 Å². The first-order valence-electron chi connectivity index (χ1n) is 8.06. The molecule has 4 aromatic rings. The van der Waals surface area contributed by atoms with Crippen molar-refractivity contribution in [1.82, 2.24) is 15.3 Å². The van der Waals surface area contributed by atoms with Crippen LogP contribution in [0.15, 0.2) is 74.6 Å². The smallest absolute Gasteiger partial charge is 0.274 e. The first kappa shape index (κ1) is 15.9. The maximum Gasteiger partial charge on any atom is 0.274 e. The van der Waals surface area contributed by atoms with Gasteiger partial charge in [-0.2, -0.15) is 0 Å². The summed E-state index contributed by atoms with van der Waals surface area (Å²) in [6, 6.07) is 13.1. The minimum atomic E-state index is -0.336. The van der Waals surface area contributed by atoms with Crippen molar-refractivity contribution < 1.29 is 18.0 Å². The van der Waals surface area contributed by atoms with E-state index in [1.165, 1.54) is 12.7 Å². The molecule has 0 aliphatic rings. The number of aromatic nitrogens is 2. The molecule has 26 heavy (non-hydrogen) atoms. The summed E-state index contributed by atoms with van der Waals surface area (Å²) in [5.41, 5.74) is 1.86. The molecule has 0 bridgehead atoms. The van der Waals surface area contributed by atoms with Crippen LogP contribution in [-0.4, -0.2) is 22.4 Å². The second-order valence-corrected chi connectivity index (χ2v) is 5.52. The number of hydrogen-bond donors (Lipinski definition) is 1. The van der Waals surface area contributed by atoms with E-state index in [0.717, 1.165) is 11.3 Å². The molecule has 3 aromatic heterocycles. The highest BCUT2D eigenvalue weighted by atomic mass is 16.4. The minimum absolute atomic E-state index is 0.185. The van der Waals surface area contributed by atoms with Gasteiger partial charge in [-0.1, -0.05) is 18.2 Å². The Morgan fingerprint density at radius 1 is 1.04 bits per heavy atom. The lowest BCUT2D eigenvalue weighted by Gasteiger charge is -2.02. The minimum Gasteiger partial charge on any atom is -0.461 e. The lowest BCUT2D eigenvalue weighted by atomic mass is 10.2. The van der Waals surface area contributed by atoms with Gasteiger partial charge in [-0.05, 0) is 24.3 Å². The zero-order valence-corrected chi connectivity index (χ0v) is 13.7. The monoisotopic (exact) mass is 349 g/mol. The maximum atomic E-state index is 12.3. The molecule has 3 heterocycles. The first-order chi connectivity index (χ1) is 12.8. The third-order valence-corrected chi connectivity index (χ3v) is 3.77. The third-order valence-electron chi connectivity index (χ3n) is 3.77.